The Bertz CT molecular complexity index is 609. The van der Waals surface area contributed by atoms with Crippen molar-refractivity contribution in [2.75, 3.05) is 7.11 Å². The van der Waals surface area contributed by atoms with E-state index in [0.29, 0.717) is 5.56 Å². The predicted octanol–water partition coefficient (Wildman–Crippen LogP) is 2.84. The van der Waals surface area contributed by atoms with Gasteiger partial charge in [0.05, 0.1) is 7.11 Å². The van der Waals surface area contributed by atoms with Gasteiger partial charge in [0.1, 0.15) is 11.6 Å². The Kier molecular flexibility index (Phi) is 7.41. The first-order valence-corrected chi connectivity index (χ1v) is 8.28. The van der Waals surface area contributed by atoms with Crippen molar-refractivity contribution in [3.05, 3.63) is 34.3 Å². The van der Waals surface area contributed by atoms with Crippen molar-refractivity contribution >= 4 is 33.8 Å². The lowest BCUT2D eigenvalue weighted by Gasteiger charge is -2.21. The SMILES string of the molecule is COC(=O)[C@H](CCC(=O)OC(C)(C)C)NC(=O)c1cccc(Br)c1. The molecule has 1 aromatic rings. The number of ether oxygens (including phenoxy) is 2. The van der Waals surface area contributed by atoms with Crippen molar-refractivity contribution in [3.63, 3.8) is 0 Å². The topological polar surface area (TPSA) is 81.7 Å². The number of hydrogen-bond donors (Lipinski definition) is 1. The zero-order chi connectivity index (χ0) is 18.3. The van der Waals surface area contributed by atoms with Gasteiger partial charge in [0, 0.05) is 16.5 Å². The van der Waals surface area contributed by atoms with Crippen LogP contribution in [0.4, 0.5) is 0 Å². The van der Waals surface area contributed by atoms with E-state index in [1.54, 1.807) is 45.0 Å². The minimum atomic E-state index is -0.922. The van der Waals surface area contributed by atoms with Gasteiger partial charge in [-0.1, -0.05) is 22.0 Å². The maximum atomic E-state index is 12.2. The van der Waals surface area contributed by atoms with Crippen LogP contribution in [0.3, 0.4) is 0 Å². The first-order chi connectivity index (χ1) is 11.1. The standard InChI is InChI=1S/C17H22BrNO5/c1-17(2,3)24-14(20)9-8-13(16(22)23-4)19-15(21)11-6-5-7-12(18)10-11/h5-7,10,13H,8-9H2,1-4H3,(H,19,21)/t13-/m0/s1. The summed E-state index contributed by atoms with van der Waals surface area (Å²) in [7, 11) is 1.23. The van der Waals surface area contributed by atoms with Gasteiger partial charge < -0.3 is 14.8 Å². The highest BCUT2D eigenvalue weighted by molar-refractivity contribution is 9.10. The van der Waals surface area contributed by atoms with Gasteiger partial charge in [0.15, 0.2) is 0 Å². The summed E-state index contributed by atoms with van der Waals surface area (Å²) in [5, 5.41) is 2.59. The van der Waals surface area contributed by atoms with Crippen LogP contribution in [0.1, 0.15) is 44.0 Å². The zero-order valence-electron chi connectivity index (χ0n) is 14.2. The van der Waals surface area contributed by atoms with Gasteiger partial charge >= 0.3 is 11.9 Å². The highest BCUT2D eigenvalue weighted by atomic mass is 79.9. The predicted molar refractivity (Wildman–Crippen MR) is 92.5 cm³/mol. The summed E-state index contributed by atoms with van der Waals surface area (Å²) in [5.41, 5.74) is -0.201. The molecule has 0 aliphatic heterocycles. The van der Waals surface area contributed by atoms with E-state index in [1.165, 1.54) is 7.11 Å². The third-order valence-corrected chi connectivity index (χ3v) is 3.43. The van der Waals surface area contributed by atoms with E-state index >= 15 is 0 Å². The van der Waals surface area contributed by atoms with Gasteiger partial charge in [-0.3, -0.25) is 9.59 Å². The number of halogens is 1. The highest BCUT2D eigenvalue weighted by Gasteiger charge is 2.25. The molecule has 1 rings (SSSR count). The maximum absolute atomic E-state index is 12.2. The second-order valence-corrected chi connectivity index (χ2v) is 7.10. The molecule has 0 radical (unpaired) electrons. The molecule has 7 heteroatoms. The van der Waals surface area contributed by atoms with E-state index in [1.807, 2.05) is 0 Å². The van der Waals surface area contributed by atoms with Gasteiger partial charge in [-0.05, 0) is 45.4 Å². The van der Waals surface area contributed by atoms with Crippen molar-refractivity contribution in [2.45, 2.75) is 45.3 Å². The Balaban J connectivity index is 2.71. The fourth-order valence-corrected chi connectivity index (χ4v) is 2.32. The fraction of sp³-hybridized carbons (Fsp3) is 0.471. The van der Waals surface area contributed by atoms with Crippen molar-refractivity contribution in [2.24, 2.45) is 0 Å². The molecule has 132 valence electrons. The minimum Gasteiger partial charge on any atom is -0.467 e. The molecule has 1 amide bonds. The van der Waals surface area contributed by atoms with Gasteiger partial charge in [0.2, 0.25) is 0 Å². The molecule has 1 aromatic carbocycles. The average Bonchev–Trinajstić information content (AvgIpc) is 2.48. The number of hydrogen-bond acceptors (Lipinski definition) is 5. The van der Waals surface area contributed by atoms with E-state index in [2.05, 4.69) is 21.2 Å². The number of esters is 2. The molecule has 0 bridgehead atoms. The number of rotatable bonds is 6. The summed E-state index contributed by atoms with van der Waals surface area (Å²) in [6, 6.07) is 5.85. The molecule has 0 unspecified atom stereocenters. The van der Waals surface area contributed by atoms with Crippen LogP contribution in [0.5, 0.6) is 0 Å². The second kappa shape index (κ2) is 8.82. The van der Waals surface area contributed by atoms with Gasteiger partial charge in [-0.25, -0.2) is 4.79 Å². The molecule has 0 saturated heterocycles. The number of carbonyl (C=O) groups excluding carboxylic acids is 3. The van der Waals surface area contributed by atoms with Crippen molar-refractivity contribution < 1.29 is 23.9 Å². The molecule has 0 heterocycles. The van der Waals surface area contributed by atoms with Crippen molar-refractivity contribution in [3.8, 4) is 0 Å². The summed E-state index contributed by atoms with van der Waals surface area (Å²) in [6.45, 7) is 5.28. The summed E-state index contributed by atoms with van der Waals surface area (Å²) in [4.78, 5) is 35.9. The summed E-state index contributed by atoms with van der Waals surface area (Å²) in [6.07, 6.45) is 0.0944. The average molecular weight is 400 g/mol. The minimum absolute atomic E-state index is 0.00417. The quantitative estimate of drug-likeness (QED) is 0.743. The van der Waals surface area contributed by atoms with Crippen LogP contribution in [-0.4, -0.2) is 36.6 Å². The number of nitrogens with one attached hydrogen (secondary N) is 1. The molecule has 0 fully saturated rings. The first-order valence-electron chi connectivity index (χ1n) is 7.48. The molecule has 1 atom stereocenters. The van der Waals surface area contributed by atoms with Crippen LogP contribution in [0.2, 0.25) is 0 Å². The lowest BCUT2D eigenvalue weighted by atomic mass is 10.1. The van der Waals surface area contributed by atoms with Crippen LogP contribution in [0, 0.1) is 0 Å². The van der Waals surface area contributed by atoms with E-state index in [4.69, 9.17) is 9.47 Å². The molecule has 24 heavy (non-hydrogen) atoms. The van der Waals surface area contributed by atoms with E-state index in [9.17, 15) is 14.4 Å². The van der Waals surface area contributed by atoms with Crippen LogP contribution in [0.15, 0.2) is 28.7 Å². The van der Waals surface area contributed by atoms with Crippen molar-refractivity contribution in [1.29, 1.82) is 0 Å². The monoisotopic (exact) mass is 399 g/mol. The highest BCUT2D eigenvalue weighted by Crippen LogP contribution is 2.13. The molecule has 6 nitrogen and oxygen atoms in total. The molecule has 1 N–H and O–H groups in total. The molecule has 0 saturated carbocycles. The molecule has 0 aliphatic carbocycles. The normalized spacial score (nSPS) is 12.2. The number of amides is 1. The van der Waals surface area contributed by atoms with Crippen LogP contribution in [0.25, 0.3) is 0 Å². The molecule has 0 spiro atoms. The third-order valence-electron chi connectivity index (χ3n) is 2.93. The zero-order valence-corrected chi connectivity index (χ0v) is 15.8. The first kappa shape index (κ1) is 20.2. The largest absolute Gasteiger partial charge is 0.467 e. The third kappa shape index (κ3) is 7.12. The van der Waals surface area contributed by atoms with Gasteiger partial charge in [-0.15, -0.1) is 0 Å². The molecule has 0 aliphatic rings. The Morgan fingerprint density at radius 1 is 1.25 bits per heavy atom. The van der Waals surface area contributed by atoms with Gasteiger partial charge in [0.25, 0.3) is 5.91 Å². The Morgan fingerprint density at radius 3 is 2.46 bits per heavy atom. The van der Waals surface area contributed by atoms with Crippen LogP contribution >= 0.6 is 15.9 Å². The number of methoxy groups -OCH3 is 1. The van der Waals surface area contributed by atoms with Crippen molar-refractivity contribution in [1.82, 2.24) is 5.32 Å². The van der Waals surface area contributed by atoms with E-state index in [-0.39, 0.29) is 12.8 Å². The molecular weight excluding hydrogens is 378 g/mol. The van der Waals surface area contributed by atoms with Crippen LogP contribution in [-0.2, 0) is 19.1 Å². The van der Waals surface area contributed by atoms with Gasteiger partial charge in [-0.2, -0.15) is 0 Å². The maximum Gasteiger partial charge on any atom is 0.328 e. The Labute approximate surface area is 150 Å². The van der Waals surface area contributed by atoms with E-state index < -0.39 is 29.5 Å². The number of carbonyl (C=O) groups is 3. The lowest BCUT2D eigenvalue weighted by molar-refractivity contribution is -0.155. The number of benzene rings is 1. The molecule has 0 aromatic heterocycles. The molecular formula is C17H22BrNO5. The van der Waals surface area contributed by atoms with E-state index in [0.717, 1.165) is 4.47 Å². The summed E-state index contributed by atoms with van der Waals surface area (Å²) in [5.74, 6) is -1.47. The fourth-order valence-electron chi connectivity index (χ4n) is 1.92. The summed E-state index contributed by atoms with van der Waals surface area (Å²) >= 11 is 3.28. The smallest absolute Gasteiger partial charge is 0.328 e. The lowest BCUT2D eigenvalue weighted by Crippen LogP contribution is -2.42. The summed E-state index contributed by atoms with van der Waals surface area (Å²) < 4.78 is 10.6. The Hall–Kier alpha value is -1.89. The second-order valence-electron chi connectivity index (χ2n) is 6.18. The van der Waals surface area contributed by atoms with Crippen LogP contribution < -0.4 is 5.32 Å². The Morgan fingerprint density at radius 2 is 1.92 bits per heavy atom.